The average molecular weight is 186 g/mol. The molecule has 0 unspecified atom stereocenters. The molecule has 0 bridgehead atoms. The van der Waals surface area contributed by atoms with Crippen LogP contribution in [0.2, 0.25) is 0 Å². The molecule has 0 aliphatic rings. The van der Waals surface area contributed by atoms with E-state index >= 15 is 0 Å². The van der Waals surface area contributed by atoms with Crippen LogP contribution in [0.5, 0.6) is 0 Å². The van der Waals surface area contributed by atoms with Crippen molar-refractivity contribution < 1.29 is 9.90 Å². The maximum absolute atomic E-state index is 10.6. The molecule has 1 aromatic rings. The number of hydrogen-bond acceptors (Lipinski definition) is 3. The Hall–Kier alpha value is -1.85. The predicted octanol–water partition coefficient (Wildman–Crippen LogP) is -0.537. The summed E-state index contributed by atoms with van der Waals surface area (Å²) in [6.45, 7) is 2.70. The van der Waals surface area contributed by atoms with E-state index in [9.17, 15) is 9.59 Å². The molecule has 1 heterocycles. The predicted molar refractivity (Wildman–Crippen MR) is 45.7 cm³/mol. The van der Waals surface area contributed by atoms with E-state index in [1.54, 1.807) is 6.92 Å². The smallest absolute Gasteiger partial charge is 0.325 e. The highest BCUT2D eigenvalue weighted by atomic mass is 16.4. The van der Waals surface area contributed by atoms with Crippen LogP contribution in [-0.4, -0.2) is 21.0 Å². The zero-order valence-electron chi connectivity index (χ0n) is 7.25. The number of aryl methyl sites for hydroxylation is 1. The number of aromatic nitrogens is 2. The Kier molecular flexibility index (Phi) is 4.21. The highest BCUT2D eigenvalue weighted by molar-refractivity contribution is 5.62. The van der Waals surface area contributed by atoms with Crippen LogP contribution in [0.3, 0.4) is 0 Å². The van der Waals surface area contributed by atoms with Crippen molar-refractivity contribution in [1.29, 1.82) is 0 Å². The molecule has 72 valence electrons. The summed E-state index contributed by atoms with van der Waals surface area (Å²) in [5.74, 6) is -0.833. The zero-order valence-corrected chi connectivity index (χ0v) is 7.25. The van der Waals surface area contributed by atoms with E-state index in [0.717, 1.165) is 6.92 Å². The highest BCUT2D eigenvalue weighted by Gasteiger charge is 1.88. The summed E-state index contributed by atoms with van der Waals surface area (Å²) in [5, 5.41) is 7.42. The second kappa shape index (κ2) is 4.91. The molecule has 0 aliphatic carbocycles. The van der Waals surface area contributed by atoms with Gasteiger partial charge in [0.05, 0.1) is 0 Å². The van der Waals surface area contributed by atoms with Crippen molar-refractivity contribution in [1.82, 2.24) is 9.97 Å². The van der Waals surface area contributed by atoms with Crippen LogP contribution >= 0.6 is 0 Å². The van der Waals surface area contributed by atoms with Gasteiger partial charge < -0.3 is 10.1 Å². The second-order valence-corrected chi connectivity index (χ2v) is 2.27. The Bertz CT molecular complexity index is 386. The van der Waals surface area contributed by atoms with Gasteiger partial charge in [-0.25, -0.2) is 4.79 Å². The average Bonchev–Trinajstić information content (AvgIpc) is 1.96. The van der Waals surface area contributed by atoms with E-state index in [1.807, 2.05) is 0 Å². The van der Waals surface area contributed by atoms with Gasteiger partial charge in [0, 0.05) is 18.7 Å². The summed E-state index contributed by atoms with van der Waals surface area (Å²) < 4.78 is 0. The number of aliphatic carboxylic acids is 1. The Morgan fingerprint density at radius 3 is 2.23 bits per heavy atom. The normalized spacial score (nSPS) is 8.46. The van der Waals surface area contributed by atoms with E-state index < -0.39 is 11.7 Å². The van der Waals surface area contributed by atoms with Gasteiger partial charge in [-0.3, -0.25) is 14.6 Å². The fraction of sp³-hybridized carbons (Fsp3) is 0.286. The molecule has 3 N–H and O–H groups in total. The van der Waals surface area contributed by atoms with Crippen LogP contribution in [0.15, 0.2) is 15.8 Å². The minimum absolute atomic E-state index is 0.334. The van der Waals surface area contributed by atoms with Gasteiger partial charge in [0.2, 0.25) is 0 Å². The molecule has 13 heavy (non-hydrogen) atoms. The van der Waals surface area contributed by atoms with Crippen molar-refractivity contribution >= 4 is 5.97 Å². The molecule has 0 saturated carbocycles. The van der Waals surface area contributed by atoms with Gasteiger partial charge >= 0.3 is 5.69 Å². The van der Waals surface area contributed by atoms with E-state index in [1.165, 1.54) is 6.20 Å². The molecule has 0 amide bonds. The fourth-order valence-electron chi connectivity index (χ4n) is 0.477. The molecule has 0 saturated heterocycles. The van der Waals surface area contributed by atoms with Crippen molar-refractivity contribution in [3.8, 4) is 0 Å². The number of carbonyl (C=O) groups is 1. The standard InChI is InChI=1S/C5H6N2O2.C2H4O2/c1-3-2-6-5(9)7-4(3)8;1-2(3)4/h2H,1H3,(H2,6,7,8,9);1H3,(H,3,4). The summed E-state index contributed by atoms with van der Waals surface area (Å²) >= 11 is 0. The molecule has 0 radical (unpaired) electrons. The van der Waals surface area contributed by atoms with Crippen molar-refractivity contribution in [3.63, 3.8) is 0 Å². The first-order valence-corrected chi connectivity index (χ1v) is 3.41. The maximum atomic E-state index is 10.6. The zero-order chi connectivity index (χ0) is 10.4. The molecule has 0 aromatic carbocycles. The maximum Gasteiger partial charge on any atom is 0.325 e. The fourth-order valence-corrected chi connectivity index (χ4v) is 0.477. The number of nitrogens with one attached hydrogen (secondary N) is 2. The van der Waals surface area contributed by atoms with Gasteiger partial charge in [-0.05, 0) is 6.92 Å². The van der Waals surface area contributed by atoms with Gasteiger partial charge in [0.1, 0.15) is 0 Å². The Balaban J connectivity index is 0.000000310. The molecule has 0 spiro atoms. The van der Waals surface area contributed by atoms with Crippen LogP contribution in [0, 0.1) is 6.92 Å². The molecule has 0 fully saturated rings. The summed E-state index contributed by atoms with van der Waals surface area (Å²) in [4.78, 5) is 34.3. The van der Waals surface area contributed by atoms with Crippen molar-refractivity contribution in [2.24, 2.45) is 0 Å². The first kappa shape index (κ1) is 11.2. The van der Waals surface area contributed by atoms with Crippen molar-refractivity contribution in [2.45, 2.75) is 13.8 Å². The summed E-state index contributed by atoms with van der Waals surface area (Å²) in [5.41, 5.74) is -0.293. The first-order valence-electron chi connectivity index (χ1n) is 3.41. The van der Waals surface area contributed by atoms with E-state index in [2.05, 4.69) is 9.97 Å². The lowest BCUT2D eigenvalue weighted by atomic mass is 10.4. The summed E-state index contributed by atoms with van der Waals surface area (Å²) in [7, 11) is 0. The van der Waals surface area contributed by atoms with Crippen LogP contribution in [0.25, 0.3) is 0 Å². The lowest BCUT2D eigenvalue weighted by Crippen LogP contribution is -2.22. The van der Waals surface area contributed by atoms with Gasteiger partial charge in [-0.2, -0.15) is 0 Å². The molecule has 1 rings (SSSR count). The molecular formula is C7H10N2O4. The molecular weight excluding hydrogens is 176 g/mol. The number of carboxylic acids is 1. The van der Waals surface area contributed by atoms with Crippen molar-refractivity contribution in [2.75, 3.05) is 0 Å². The highest BCUT2D eigenvalue weighted by Crippen LogP contribution is 1.73. The minimum atomic E-state index is -0.833. The Labute approximate surface area is 73.3 Å². The molecule has 6 nitrogen and oxygen atoms in total. The van der Waals surface area contributed by atoms with Gasteiger partial charge in [-0.15, -0.1) is 0 Å². The van der Waals surface area contributed by atoms with Crippen LogP contribution in [0.4, 0.5) is 0 Å². The Morgan fingerprint density at radius 2 is 1.92 bits per heavy atom. The molecule has 6 heteroatoms. The molecule has 1 aromatic heterocycles. The molecule has 0 aliphatic heterocycles. The second-order valence-electron chi connectivity index (χ2n) is 2.27. The van der Waals surface area contributed by atoms with Gasteiger partial charge in [0.25, 0.3) is 11.5 Å². The SMILES string of the molecule is CC(=O)O.Cc1c[nH]c(=O)[nH]c1=O. The van der Waals surface area contributed by atoms with E-state index in [0.29, 0.717) is 5.56 Å². The van der Waals surface area contributed by atoms with E-state index in [-0.39, 0.29) is 5.56 Å². The number of rotatable bonds is 0. The number of hydrogen-bond donors (Lipinski definition) is 3. The third-order valence-corrected chi connectivity index (χ3v) is 1.00. The Morgan fingerprint density at radius 1 is 1.46 bits per heavy atom. The summed E-state index contributed by atoms with van der Waals surface area (Å²) in [6, 6.07) is 0. The minimum Gasteiger partial charge on any atom is -0.481 e. The van der Waals surface area contributed by atoms with Crippen LogP contribution in [0.1, 0.15) is 12.5 Å². The topological polar surface area (TPSA) is 103 Å². The quantitative estimate of drug-likeness (QED) is 0.506. The first-order chi connectivity index (χ1) is 5.93. The monoisotopic (exact) mass is 186 g/mol. The van der Waals surface area contributed by atoms with Crippen LogP contribution in [-0.2, 0) is 4.79 Å². The van der Waals surface area contributed by atoms with Gasteiger partial charge in [-0.1, -0.05) is 0 Å². The third-order valence-electron chi connectivity index (χ3n) is 1.00. The van der Waals surface area contributed by atoms with Gasteiger partial charge in [0.15, 0.2) is 0 Å². The molecule has 0 atom stereocenters. The summed E-state index contributed by atoms with van der Waals surface area (Å²) in [6.07, 6.45) is 1.38. The lowest BCUT2D eigenvalue weighted by molar-refractivity contribution is -0.134. The number of carboxylic acid groups (broad SMARTS) is 1. The third kappa shape index (κ3) is 5.42. The van der Waals surface area contributed by atoms with Crippen molar-refractivity contribution in [3.05, 3.63) is 32.6 Å². The van der Waals surface area contributed by atoms with E-state index in [4.69, 9.17) is 9.90 Å². The lowest BCUT2D eigenvalue weighted by Gasteiger charge is -1.84. The largest absolute Gasteiger partial charge is 0.481 e. The van der Waals surface area contributed by atoms with Crippen LogP contribution < -0.4 is 11.2 Å². The number of aromatic amines is 2. The number of H-pyrrole nitrogens is 2.